The van der Waals surface area contributed by atoms with E-state index >= 15 is 0 Å². The van der Waals surface area contributed by atoms with E-state index in [1.807, 2.05) is 6.92 Å². The molecule has 1 amide bonds. The number of carbonyl (C=O) groups is 1. The number of aryl methyl sites for hydroxylation is 1. The Morgan fingerprint density at radius 1 is 1.32 bits per heavy atom. The minimum Gasteiger partial charge on any atom is -0.508 e. The van der Waals surface area contributed by atoms with E-state index in [2.05, 4.69) is 20.0 Å². The molecule has 180 valence electrons. The van der Waals surface area contributed by atoms with Crippen molar-refractivity contribution in [2.45, 2.75) is 31.1 Å². The molecule has 1 aliphatic heterocycles. The van der Waals surface area contributed by atoms with Gasteiger partial charge in [-0.2, -0.15) is 0 Å². The van der Waals surface area contributed by atoms with Crippen LogP contribution in [-0.2, 0) is 20.5 Å². The summed E-state index contributed by atoms with van der Waals surface area (Å²) in [5.74, 6) is 0.559. The van der Waals surface area contributed by atoms with Gasteiger partial charge in [0.05, 0.1) is 23.4 Å². The lowest BCUT2D eigenvalue weighted by atomic mass is 9.96. The van der Waals surface area contributed by atoms with Crippen molar-refractivity contribution >= 4 is 39.0 Å². The standard InChI is InChI=1S/C23H26N4O5S2/c1-14-21(33-23(25-14)26-20(29)10-15-6-8-32-9-7-15)16-11-19(22(31-2)24-13-16)34(30)27-17-4-3-5-18(28)12-17/h3-5,11-13,15,27-28H,6-10H2,1-2H3,(H,25,26,29). The van der Waals surface area contributed by atoms with Crippen LogP contribution in [0.25, 0.3) is 10.4 Å². The minimum atomic E-state index is -1.70. The van der Waals surface area contributed by atoms with Crippen LogP contribution in [0.4, 0.5) is 10.8 Å². The Kier molecular flexibility index (Phi) is 7.76. The molecule has 3 N–H and O–H groups in total. The van der Waals surface area contributed by atoms with Gasteiger partial charge in [0.2, 0.25) is 11.8 Å². The molecule has 1 atom stereocenters. The molecule has 1 aliphatic rings. The largest absolute Gasteiger partial charge is 0.508 e. The number of rotatable bonds is 8. The Morgan fingerprint density at radius 2 is 2.12 bits per heavy atom. The highest BCUT2D eigenvalue weighted by Crippen LogP contribution is 2.35. The molecule has 0 spiro atoms. The number of ether oxygens (including phenoxy) is 2. The van der Waals surface area contributed by atoms with Crippen molar-refractivity contribution in [2.75, 3.05) is 30.4 Å². The maximum absolute atomic E-state index is 13.0. The lowest BCUT2D eigenvalue weighted by Crippen LogP contribution is -2.22. The number of carbonyl (C=O) groups excluding carboxylic acids is 1. The van der Waals surface area contributed by atoms with E-state index < -0.39 is 11.0 Å². The summed E-state index contributed by atoms with van der Waals surface area (Å²) in [6, 6.07) is 8.09. The maximum Gasteiger partial charge on any atom is 0.231 e. The van der Waals surface area contributed by atoms with E-state index in [0.717, 1.165) is 23.4 Å². The number of thiazole rings is 1. The molecule has 3 aromatic rings. The summed E-state index contributed by atoms with van der Waals surface area (Å²) in [7, 11) is -0.236. The van der Waals surface area contributed by atoms with Gasteiger partial charge in [0, 0.05) is 37.5 Å². The van der Waals surface area contributed by atoms with Gasteiger partial charge >= 0.3 is 0 Å². The first-order valence-corrected chi connectivity index (χ1v) is 12.8. The molecule has 34 heavy (non-hydrogen) atoms. The van der Waals surface area contributed by atoms with Crippen molar-refractivity contribution in [3.8, 4) is 22.1 Å². The molecule has 0 aliphatic carbocycles. The Hall–Kier alpha value is -3.02. The number of aromatic nitrogens is 2. The van der Waals surface area contributed by atoms with Gasteiger partial charge in [-0.25, -0.2) is 14.2 Å². The molecule has 4 rings (SSSR count). The first kappa shape index (κ1) is 24.1. The second-order valence-corrected chi connectivity index (χ2v) is 10.1. The number of anilines is 2. The highest BCUT2D eigenvalue weighted by Gasteiger charge is 2.20. The zero-order chi connectivity index (χ0) is 24.1. The number of hydrogen-bond donors (Lipinski definition) is 3. The molecule has 2 aromatic heterocycles. The number of aromatic hydroxyl groups is 1. The van der Waals surface area contributed by atoms with Gasteiger partial charge in [-0.15, -0.1) is 0 Å². The van der Waals surface area contributed by atoms with E-state index in [-0.39, 0.29) is 17.5 Å². The number of hydrogen-bond acceptors (Lipinski definition) is 8. The van der Waals surface area contributed by atoms with Crippen LogP contribution in [0.5, 0.6) is 11.6 Å². The van der Waals surface area contributed by atoms with Crippen LogP contribution in [0.15, 0.2) is 41.4 Å². The van der Waals surface area contributed by atoms with Crippen LogP contribution < -0.4 is 14.8 Å². The highest BCUT2D eigenvalue weighted by atomic mass is 32.2. The molecule has 3 heterocycles. The van der Waals surface area contributed by atoms with Crippen molar-refractivity contribution < 1.29 is 23.6 Å². The predicted molar refractivity (Wildman–Crippen MR) is 132 cm³/mol. The van der Waals surface area contributed by atoms with Crippen LogP contribution in [-0.4, -0.2) is 45.5 Å². The number of methoxy groups -OCH3 is 1. The Labute approximate surface area is 204 Å². The number of phenolic OH excluding ortho intramolecular Hbond substituents is 1. The van der Waals surface area contributed by atoms with Crippen molar-refractivity contribution in [2.24, 2.45) is 5.92 Å². The topological polar surface area (TPSA) is 123 Å². The SMILES string of the molecule is COc1ncc(-c2sc(NC(=O)CC3CCOCC3)nc2C)cc1S(=O)Nc1cccc(O)c1. The molecule has 1 aromatic carbocycles. The fraction of sp³-hybridized carbons (Fsp3) is 0.348. The smallest absolute Gasteiger partial charge is 0.231 e. The maximum atomic E-state index is 13.0. The van der Waals surface area contributed by atoms with Crippen LogP contribution in [0, 0.1) is 12.8 Å². The number of benzene rings is 1. The first-order valence-electron chi connectivity index (χ1n) is 10.8. The number of pyridine rings is 1. The predicted octanol–water partition coefficient (Wildman–Crippen LogP) is 4.12. The van der Waals surface area contributed by atoms with E-state index in [1.165, 1.54) is 30.6 Å². The summed E-state index contributed by atoms with van der Waals surface area (Å²) >= 11 is 1.34. The first-order chi connectivity index (χ1) is 16.4. The van der Waals surface area contributed by atoms with Gasteiger partial charge in [0.25, 0.3) is 0 Å². The summed E-state index contributed by atoms with van der Waals surface area (Å²) in [5.41, 5.74) is 1.94. The highest BCUT2D eigenvalue weighted by molar-refractivity contribution is 7.86. The van der Waals surface area contributed by atoms with Crippen LogP contribution >= 0.6 is 11.3 Å². The third-order valence-corrected chi connectivity index (χ3v) is 7.62. The average Bonchev–Trinajstić information content (AvgIpc) is 3.18. The summed E-state index contributed by atoms with van der Waals surface area (Å²) in [6.45, 7) is 3.26. The van der Waals surface area contributed by atoms with Crippen LogP contribution in [0.1, 0.15) is 25.0 Å². The summed E-state index contributed by atoms with van der Waals surface area (Å²) in [5, 5.41) is 13.1. The van der Waals surface area contributed by atoms with E-state index in [0.29, 0.717) is 46.8 Å². The fourth-order valence-corrected chi connectivity index (χ4v) is 5.62. The Bertz CT molecular complexity index is 1190. The zero-order valence-electron chi connectivity index (χ0n) is 18.9. The number of amides is 1. The van der Waals surface area contributed by atoms with E-state index in [4.69, 9.17) is 9.47 Å². The summed E-state index contributed by atoms with van der Waals surface area (Å²) < 4.78 is 26.5. The van der Waals surface area contributed by atoms with Gasteiger partial charge in [0.15, 0.2) is 16.1 Å². The molecule has 0 saturated carbocycles. The average molecular weight is 503 g/mol. The molecule has 9 nitrogen and oxygen atoms in total. The second-order valence-electron chi connectivity index (χ2n) is 7.89. The molecular weight excluding hydrogens is 476 g/mol. The van der Waals surface area contributed by atoms with Crippen molar-refractivity contribution in [1.29, 1.82) is 0 Å². The molecule has 11 heteroatoms. The van der Waals surface area contributed by atoms with Gasteiger partial charge in [0.1, 0.15) is 10.6 Å². The Morgan fingerprint density at radius 3 is 2.85 bits per heavy atom. The molecule has 0 radical (unpaired) electrons. The lowest BCUT2D eigenvalue weighted by Gasteiger charge is -2.20. The minimum absolute atomic E-state index is 0.0582. The normalized spacial score (nSPS) is 15.0. The van der Waals surface area contributed by atoms with Crippen LogP contribution in [0.2, 0.25) is 0 Å². The molecule has 1 fully saturated rings. The van der Waals surface area contributed by atoms with Gasteiger partial charge < -0.3 is 24.6 Å². The second kappa shape index (κ2) is 10.9. The van der Waals surface area contributed by atoms with Gasteiger partial charge in [-0.05, 0) is 43.9 Å². The monoisotopic (exact) mass is 502 g/mol. The van der Waals surface area contributed by atoms with Gasteiger partial charge in [-0.3, -0.25) is 4.79 Å². The van der Waals surface area contributed by atoms with E-state index in [1.54, 1.807) is 24.4 Å². The molecule has 1 unspecified atom stereocenters. The zero-order valence-corrected chi connectivity index (χ0v) is 20.5. The number of nitrogens with zero attached hydrogens (tertiary/aromatic N) is 2. The third kappa shape index (κ3) is 5.91. The van der Waals surface area contributed by atoms with Crippen molar-refractivity contribution in [3.63, 3.8) is 0 Å². The van der Waals surface area contributed by atoms with E-state index in [9.17, 15) is 14.1 Å². The molecule has 1 saturated heterocycles. The fourth-order valence-electron chi connectivity index (χ4n) is 3.67. The summed E-state index contributed by atoms with van der Waals surface area (Å²) in [4.78, 5) is 22.5. The van der Waals surface area contributed by atoms with Crippen LogP contribution in [0.3, 0.4) is 0 Å². The lowest BCUT2D eigenvalue weighted by molar-refractivity contribution is -0.117. The molecule has 0 bridgehead atoms. The Balaban J connectivity index is 1.52. The van der Waals surface area contributed by atoms with Crippen molar-refractivity contribution in [3.05, 3.63) is 42.2 Å². The van der Waals surface area contributed by atoms with Crippen molar-refractivity contribution in [1.82, 2.24) is 9.97 Å². The quantitative estimate of drug-likeness (QED) is 0.423. The third-order valence-electron chi connectivity index (χ3n) is 5.39. The van der Waals surface area contributed by atoms with Gasteiger partial charge in [-0.1, -0.05) is 17.4 Å². The summed E-state index contributed by atoms with van der Waals surface area (Å²) in [6.07, 6.45) is 3.86. The number of nitrogens with one attached hydrogen (secondary N) is 2. The molecular formula is C23H26N4O5S2. The number of phenols is 1.